The Bertz CT molecular complexity index is 1740. The lowest BCUT2D eigenvalue weighted by Gasteiger charge is -2.34. The lowest BCUT2D eigenvalue weighted by molar-refractivity contribution is -0.127. The van der Waals surface area contributed by atoms with Gasteiger partial charge in [0.2, 0.25) is 0 Å². The van der Waals surface area contributed by atoms with Crippen molar-refractivity contribution in [3.05, 3.63) is 59.6 Å². The quantitative estimate of drug-likeness (QED) is 0.324. The number of methoxy groups -OCH3 is 1. The average molecular weight is 495 g/mol. The third kappa shape index (κ3) is 4.06. The van der Waals surface area contributed by atoms with E-state index in [1.54, 1.807) is 0 Å². The zero-order chi connectivity index (χ0) is 30.5. The minimum Gasteiger partial charge on any atom is -0.494 e. The maximum absolute atomic E-state index is 13.4. The van der Waals surface area contributed by atoms with Crippen molar-refractivity contribution in [1.82, 2.24) is 39.5 Å². The Morgan fingerprint density at radius 1 is 1.11 bits per heavy atom. The van der Waals surface area contributed by atoms with Crippen LogP contribution in [-0.2, 0) is 4.79 Å². The number of rotatable bonds is 5. The number of nitrogens with one attached hydrogen (secondary N) is 1. The molecule has 1 aliphatic rings. The molecule has 4 aromatic heterocycles. The maximum atomic E-state index is 13.4. The number of carbonyl (C=O) groups excluding carboxylic acids is 3. The summed E-state index contributed by atoms with van der Waals surface area (Å²) in [6.45, 7) is -0.894. The first-order valence-corrected chi connectivity index (χ1v) is 10.9. The largest absolute Gasteiger partial charge is 0.494 e. The molecule has 0 aromatic carbocycles. The third-order valence-corrected chi connectivity index (χ3v) is 5.78. The highest BCUT2D eigenvalue weighted by Gasteiger charge is 2.31. The third-order valence-electron chi connectivity index (χ3n) is 5.78. The molecule has 1 N–H and O–H groups in total. The van der Waals surface area contributed by atoms with Gasteiger partial charge in [-0.25, -0.2) is 14.6 Å². The number of fused-ring (bicyclic) bond motifs is 1. The summed E-state index contributed by atoms with van der Waals surface area (Å²) in [5, 5.41) is 4.21. The number of amides is 2. The van der Waals surface area contributed by atoms with Gasteiger partial charge in [0.1, 0.15) is 23.6 Å². The SMILES string of the molecule is [2H]c1nc(C(=O)N2CCN(C(=O)C(=O)c3c[nH]c4c(-n5cnc(C([2H])([2H])[2H])n5)ncc(OC)c34)CC2)c([2H])c([2H])c1C. The molecular weight excluding hydrogens is 464 g/mol. The molecule has 184 valence electrons. The van der Waals surface area contributed by atoms with Gasteiger partial charge in [0.25, 0.3) is 17.6 Å². The summed E-state index contributed by atoms with van der Waals surface area (Å²) in [4.78, 5) is 57.2. The number of nitrogens with zero attached hydrogens (tertiary/aromatic N) is 7. The number of ether oxygens (including phenoxy) is 1. The van der Waals surface area contributed by atoms with Crippen molar-refractivity contribution in [2.45, 2.75) is 13.8 Å². The number of piperazine rings is 1. The number of ketones is 1. The highest BCUT2D eigenvalue weighted by Crippen LogP contribution is 2.31. The van der Waals surface area contributed by atoms with Crippen molar-refractivity contribution < 1.29 is 27.3 Å². The summed E-state index contributed by atoms with van der Waals surface area (Å²) in [6.07, 6.45) is 3.57. The van der Waals surface area contributed by atoms with E-state index in [1.165, 1.54) is 42.6 Å². The molecule has 5 rings (SSSR count). The van der Waals surface area contributed by atoms with Crippen molar-refractivity contribution >= 4 is 28.5 Å². The van der Waals surface area contributed by atoms with E-state index in [0.717, 1.165) is 4.68 Å². The smallest absolute Gasteiger partial charge is 0.295 e. The normalized spacial score (nSPS) is 16.5. The predicted molar refractivity (Wildman–Crippen MR) is 128 cm³/mol. The van der Waals surface area contributed by atoms with E-state index in [1.807, 2.05) is 0 Å². The zero-order valence-electron chi connectivity index (χ0n) is 25.3. The van der Waals surface area contributed by atoms with Gasteiger partial charge >= 0.3 is 0 Å². The molecule has 0 unspecified atom stereocenters. The van der Waals surface area contributed by atoms with Crippen molar-refractivity contribution in [2.75, 3.05) is 33.3 Å². The number of aryl methyl sites for hydroxylation is 1. The minimum absolute atomic E-state index is 0.00109. The van der Waals surface area contributed by atoms with Gasteiger partial charge in [-0.05, 0) is 25.4 Å². The molecule has 0 spiro atoms. The Morgan fingerprint density at radius 2 is 1.89 bits per heavy atom. The van der Waals surface area contributed by atoms with Gasteiger partial charge in [-0.15, -0.1) is 0 Å². The number of hydrogen-bond donors (Lipinski definition) is 1. The summed E-state index contributed by atoms with van der Waals surface area (Å²) in [5.74, 6) is -2.34. The van der Waals surface area contributed by atoms with Crippen molar-refractivity contribution in [1.29, 1.82) is 0 Å². The summed E-state index contributed by atoms with van der Waals surface area (Å²) in [7, 11) is 1.37. The number of carbonyl (C=O) groups is 3. The van der Waals surface area contributed by atoms with E-state index in [2.05, 4.69) is 25.0 Å². The van der Waals surface area contributed by atoms with Crippen LogP contribution in [0.3, 0.4) is 0 Å². The predicted octanol–water partition coefficient (Wildman–Crippen LogP) is 1.33. The maximum Gasteiger partial charge on any atom is 0.295 e. The average Bonchev–Trinajstić information content (AvgIpc) is 3.65. The second-order valence-corrected chi connectivity index (χ2v) is 7.98. The van der Waals surface area contributed by atoms with Crippen LogP contribution in [-0.4, -0.2) is 90.4 Å². The lowest BCUT2D eigenvalue weighted by Crippen LogP contribution is -2.52. The molecule has 1 fully saturated rings. The number of hydrogen-bond acceptors (Lipinski definition) is 8. The number of aromatic amines is 1. The summed E-state index contributed by atoms with van der Waals surface area (Å²) >= 11 is 0. The van der Waals surface area contributed by atoms with Crippen LogP contribution in [0, 0.1) is 13.8 Å². The highest BCUT2D eigenvalue weighted by molar-refractivity contribution is 6.45. The van der Waals surface area contributed by atoms with E-state index < -0.39 is 24.4 Å². The van der Waals surface area contributed by atoms with Crippen LogP contribution in [0.2, 0.25) is 0 Å². The molecule has 1 saturated heterocycles. The van der Waals surface area contributed by atoms with Gasteiger partial charge in [0, 0.05) is 42.7 Å². The van der Waals surface area contributed by atoms with E-state index in [4.69, 9.17) is 13.0 Å². The van der Waals surface area contributed by atoms with Gasteiger partial charge in [-0.1, -0.05) is 6.04 Å². The van der Waals surface area contributed by atoms with Crippen molar-refractivity contribution in [2.24, 2.45) is 0 Å². The fourth-order valence-corrected chi connectivity index (χ4v) is 3.95. The summed E-state index contributed by atoms with van der Waals surface area (Å²) in [6, 6.07) is -0.614. The Morgan fingerprint density at radius 3 is 2.61 bits per heavy atom. The molecule has 4 aromatic rings. The second kappa shape index (κ2) is 9.21. The molecule has 12 nitrogen and oxygen atoms in total. The van der Waals surface area contributed by atoms with Crippen LogP contribution in [0.15, 0.2) is 37.0 Å². The molecule has 2 amide bonds. The van der Waals surface area contributed by atoms with Crippen molar-refractivity contribution in [3.8, 4) is 11.6 Å². The number of H-pyrrole nitrogens is 1. The molecule has 0 saturated carbocycles. The van der Waals surface area contributed by atoms with E-state index in [9.17, 15) is 14.4 Å². The molecule has 1 aliphatic heterocycles. The number of Topliss-reactive ketones (excluding diaryl/α,β-unsaturated/α-hetero) is 1. The first kappa shape index (κ1) is 16.9. The number of aromatic nitrogens is 6. The van der Waals surface area contributed by atoms with Gasteiger partial charge in [0.05, 0.1) is 33.9 Å². The fourth-order valence-electron chi connectivity index (χ4n) is 3.95. The van der Waals surface area contributed by atoms with Gasteiger partial charge in [0.15, 0.2) is 5.82 Å². The minimum atomic E-state index is -2.54. The first-order chi connectivity index (χ1) is 19.8. The van der Waals surface area contributed by atoms with Gasteiger partial charge < -0.3 is 19.5 Å². The topological polar surface area (TPSA) is 139 Å². The zero-order valence-corrected chi connectivity index (χ0v) is 19.3. The fraction of sp³-hybridized carbons (Fsp3) is 0.292. The summed E-state index contributed by atoms with van der Waals surface area (Å²) < 4.78 is 52.9. The Kier molecular flexibility index (Phi) is 4.33. The van der Waals surface area contributed by atoms with Crippen molar-refractivity contribution in [3.63, 3.8) is 0 Å². The molecule has 12 heteroatoms. The molecule has 36 heavy (non-hydrogen) atoms. The van der Waals surface area contributed by atoms with Gasteiger partial charge in [-0.3, -0.25) is 19.4 Å². The van der Waals surface area contributed by atoms with E-state index in [-0.39, 0.29) is 89.6 Å². The van der Waals surface area contributed by atoms with Gasteiger partial charge in [-0.2, -0.15) is 5.10 Å². The Balaban J connectivity index is 1.36. The summed E-state index contributed by atoms with van der Waals surface area (Å²) in [5.41, 5.74) is 0.158. The van der Waals surface area contributed by atoms with Crippen LogP contribution in [0.5, 0.6) is 5.75 Å². The Labute approximate surface area is 214 Å². The van der Waals surface area contributed by atoms with Crippen LogP contribution >= 0.6 is 0 Å². The van der Waals surface area contributed by atoms with Crippen LogP contribution in [0.4, 0.5) is 0 Å². The standard InChI is InChI=1S/C24H24N8O4/c1-14-4-5-17(25-10-14)23(34)30-6-8-31(9-7-30)24(35)21(33)16-11-26-20-19(16)18(36-3)12-27-22(20)32-13-28-15(2)29-32/h4-5,10-13,26H,6-9H2,1-3H3/i2D3,4D,5D,10D. The number of pyridine rings is 2. The first-order valence-electron chi connectivity index (χ1n) is 13.9. The van der Waals surface area contributed by atoms with E-state index in [0.29, 0.717) is 0 Å². The van der Waals surface area contributed by atoms with Crippen LogP contribution in [0.25, 0.3) is 16.7 Å². The monoisotopic (exact) mass is 494 g/mol. The molecule has 0 aliphatic carbocycles. The Hall–Kier alpha value is -4.61. The molecular formula is C24H24N8O4. The van der Waals surface area contributed by atoms with Crippen LogP contribution < -0.4 is 4.74 Å². The molecule has 5 heterocycles. The lowest BCUT2D eigenvalue weighted by atomic mass is 10.1. The molecule has 0 bridgehead atoms. The highest BCUT2D eigenvalue weighted by atomic mass is 16.5. The molecule has 0 radical (unpaired) electrons. The molecule has 0 atom stereocenters. The second-order valence-electron chi connectivity index (χ2n) is 7.98. The van der Waals surface area contributed by atoms with Crippen LogP contribution in [0.1, 0.15) is 40.5 Å². The van der Waals surface area contributed by atoms with E-state index >= 15 is 0 Å².